The SMILES string of the molecule is CC(Oc1ccc(Cl)cc1Cl)C(=O)Nc1cccc(-c2cn3ccsc3n2)c1. The number of benzene rings is 2. The molecule has 0 fully saturated rings. The molecular weight excluding hydrogens is 417 g/mol. The Morgan fingerprint density at radius 2 is 2.11 bits per heavy atom. The summed E-state index contributed by atoms with van der Waals surface area (Å²) in [5.41, 5.74) is 2.43. The van der Waals surface area contributed by atoms with E-state index in [1.54, 1.807) is 36.5 Å². The predicted molar refractivity (Wildman–Crippen MR) is 114 cm³/mol. The molecule has 0 bridgehead atoms. The molecule has 0 aliphatic heterocycles. The number of halogens is 2. The lowest BCUT2D eigenvalue weighted by molar-refractivity contribution is -0.122. The standard InChI is InChI=1S/C20H15Cl2N3O2S/c1-12(27-18-6-5-14(21)10-16(18)22)19(26)23-15-4-2-3-13(9-15)17-11-25-7-8-28-20(25)24-17/h2-12H,1H3,(H,23,26). The maximum Gasteiger partial charge on any atom is 0.265 e. The van der Waals surface area contributed by atoms with Crippen molar-refractivity contribution < 1.29 is 9.53 Å². The summed E-state index contributed by atoms with van der Waals surface area (Å²) in [6.45, 7) is 1.66. The first-order valence-corrected chi connectivity index (χ1v) is 10.1. The Morgan fingerprint density at radius 1 is 1.25 bits per heavy atom. The van der Waals surface area contributed by atoms with Gasteiger partial charge in [0.25, 0.3) is 5.91 Å². The Bertz CT molecular complexity index is 1130. The molecule has 2 aromatic heterocycles. The van der Waals surface area contributed by atoms with Crippen molar-refractivity contribution in [2.45, 2.75) is 13.0 Å². The van der Waals surface area contributed by atoms with Crippen molar-refractivity contribution in [3.05, 3.63) is 70.3 Å². The van der Waals surface area contributed by atoms with Gasteiger partial charge in [0.05, 0.1) is 10.7 Å². The first kappa shape index (κ1) is 18.8. The molecule has 4 aromatic rings. The van der Waals surface area contributed by atoms with Gasteiger partial charge in [0, 0.05) is 34.0 Å². The fraction of sp³-hybridized carbons (Fsp3) is 0.100. The summed E-state index contributed by atoms with van der Waals surface area (Å²) in [7, 11) is 0. The molecule has 2 heterocycles. The first-order chi connectivity index (χ1) is 13.5. The van der Waals surface area contributed by atoms with Crippen LogP contribution in [0.1, 0.15) is 6.92 Å². The second kappa shape index (κ2) is 7.83. The molecule has 0 radical (unpaired) electrons. The monoisotopic (exact) mass is 431 g/mol. The van der Waals surface area contributed by atoms with Crippen LogP contribution in [0.3, 0.4) is 0 Å². The lowest BCUT2D eigenvalue weighted by atomic mass is 10.1. The van der Waals surface area contributed by atoms with E-state index in [2.05, 4.69) is 10.3 Å². The number of rotatable bonds is 5. The maximum atomic E-state index is 12.5. The van der Waals surface area contributed by atoms with Crippen LogP contribution in [0.2, 0.25) is 10.0 Å². The number of hydrogen-bond acceptors (Lipinski definition) is 4. The number of anilines is 1. The molecule has 0 spiro atoms. The van der Waals surface area contributed by atoms with Gasteiger partial charge in [-0.1, -0.05) is 35.3 Å². The van der Waals surface area contributed by atoms with Crippen molar-refractivity contribution in [1.29, 1.82) is 0 Å². The van der Waals surface area contributed by atoms with Crippen LogP contribution < -0.4 is 10.1 Å². The molecule has 0 aliphatic carbocycles. The quantitative estimate of drug-likeness (QED) is 0.435. The van der Waals surface area contributed by atoms with E-state index in [0.717, 1.165) is 16.2 Å². The Labute approximate surface area is 175 Å². The number of hydrogen-bond donors (Lipinski definition) is 1. The minimum atomic E-state index is -0.736. The van der Waals surface area contributed by atoms with Crippen LogP contribution in [0.5, 0.6) is 5.75 Å². The fourth-order valence-electron chi connectivity index (χ4n) is 2.68. The van der Waals surface area contributed by atoms with Gasteiger partial charge in [-0.15, -0.1) is 11.3 Å². The van der Waals surface area contributed by atoms with Crippen LogP contribution in [-0.4, -0.2) is 21.4 Å². The number of thiazole rings is 1. The van der Waals surface area contributed by atoms with E-state index in [1.165, 1.54) is 0 Å². The Kier molecular flexibility index (Phi) is 5.26. The second-order valence-corrected chi connectivity index (χ2v) is 7.84. The number of aromatic nitrogens is 2. The van der Waals surface area contributed by atoms with Crippen LogP contribution in [0.25, 0.3) is 16.2 Å². The van der Waals surface area contributed by atoms with E-state index in [4.69, 9.17) is 27.9 Å². The van der Waals surface area contributed by atoms with E-state index in [1.807, 2.05) is 46.4 Å². The largest absolute Gasteiger partial charge is 0.479 e. The van der Waals surface area contributed by atoms with Crippen LogP contribution in [0.15, 0.2) is 60.2 Å². The van der Waals surface area contributed by atoms with Gasteiger partial charge in [0.15, 0.2) is 11.1 Å². The lowest BCUT2D eigenvalue weighted by Crippen LogP contribution is -2.30. The van der Waals surface area contributed by atoms with Gasteiger partial charge in [0.1, 0.15) is 5.75 Å². The van der Waals surface area contributed by atoms with Gasteiger partial charge in [0.2, 0.25) is 0 Å². The summed E-state index contributed by atoms with van der Waals surface area (Å²) in [4.78, 5) is 18.0. The molecule has 2 aromatic carbocycles. The van der Waals surface area contributed by atoms with E-state index >= 15 is 0 Å². The third-order valence-electron chi connectivity index (χ3n) is 4.09. The number of carbonyl (C=O) groups excluding carboxylic acids is 1. The smallest absolute Gasteiger partial charge is 0.265 e. The summed E-state index contributed by atoms with van der Waals surface area (Å²) in [5, 5.41) is 5.71. The zero-order chi connectivity index (χ0) is 19.7. The Morgan fingerprint density at radius 3 is 2.89 bits per heavy atom. The molecule has 0 aliphatic rings. The molecule has 1 amide bonds. The number of amides is 1. The molecule has 5 nitrogen and oxygen atoms in total. The third-order valence-corrected chi connectivity index (χ3v) is 5.39. The minimum absolute atomic E-state index is 0.283. The highest BCUT2D eigenvalue weighted by Crippen LogP contribution is 2.29. The summed E-state index contributed by atoms with van der Waals surface area (Å²) in [5.74, 6) is 0.120. The van der Waals surface area contributed by atoms with Crippen molar-refractivity contribution in [3.63, 3.8) is 0 Å². The molecule has 1 unspecified atom stereocenters. The second-order valence-electron chi connectivity index (χ2n) is 6.12. The number of nitrogens with zero attached hydrogens (tertiary/aromatic N) is 2. The number of carbonyl (C=O) groups is 1. The van der Waals surface area contributed by atoms with Crippen molar-refractivity contribution >= 4 is 51.1 Å². The number of ether oxygens (including phenoxy) is 1. The average Bonchev–Trinajstić information content (AvgIpc) is 3.26. The van der Waals surface area contributed by atoms with Crippen LogP contribution in [0, 0.1) is 0 Å². The highest BCUT2D eigenvalue weighted by molar-refractivity contribution is 7.15. The molecule has 4 rings (SSSR count). The molecule has 8 heteroatoms. The summed E-state index contributed by atoms with van der Waals surface area (Å²) < 4.78 is 7.63. The van der Waals surface area contributed by atoms with Crippen molar-refractivity contribution in [2.75, 3.05) is 5.32 Å². The van der Waals surface area contributed by atoms with Gasteiger partial charge in [-0.2, -0.15) is 0 Å². The maximum absolute atomic E-state index is 12.5. The van der Waals surface area contributed by atoms with Crippen molar-refractivity contribution in [3.8, 4) is 17.0 Å². The topological polar surface area (TPSA) is 55.6 Å². The molecule has 1 N–H and O–H groups in total. The zero-order valence-electron chi connectivity index (χ0n) is 14.7. The Balaban J connectivity index is 1.47. The van der Waals surface area contributed by atoms with E-state index < -0.39 is 6.10 Å². The minimum Gasteiger partial charge on any atom is -0.479 e. The highest BCUT2D eigenvalue weighted by atomic mass is 35.5. The summed E-state index contributed by atoms with van der Waals surface area (Å²) >= 11 is 13.6. The summed E-state index contributed by atoms with van der Waals surface area (Å²) in [6, 6.07) is 12.4. The Hall–Kier alpha value is -2.54. The van der Waals surface area contributed by atoms with Gasteiger partial charge in [-0.05, 0) is 37.3 Å². The van der Waals surface area contributed by atoms with Crippen molar-refractivity contribution in [2.24, 2.45) is 0 Å². The summed E-state index contributed by atoms with van der Waals surface area (Å²) in [6.07, 6.45) is 3.18. The molecule has 1 atom stereocenters. The average molecular weight is 432 g/mol. The fourth-order valence-corrected chi connectivity index (χ4v) is 3.83. The van der Waals surface area contributed by atoms with Gasteiger partial charge in [-0.25, -0.2) is 4.98 Å². The highest BCUT2D eigenvalue weighted by Gasteiger charge is 2.17. The van der Waals surface area contributed by atoms with Gasteiger partial charge < -0.3 is 10.1 Å². The molecule has 28 heavy (non-hydrogen) atoms. The van der Waals surface area contributed by atoms with Gasteiger partial charge >= 0.3 is 0 Å². The molecule has 142 valence electrons. The number of imidazole rings is 1. The predicted octanol–water partition coefficient (Wildman–Crippen LogP) is 5.78. The van der Waals surface area contributed by atoms with Crippen LogP contribution in [0.4, 0.5) is 5.69 Å². The normalized spacial score (nSPS) is 12.1. The van der Waals surface area contributed by atoms with E-state index in [9.17, 15) is 4.79 Å². The lowest BCUT2D eigenvalue weighted by Gasteiger charge is -2.16. The van der Waals surface area contributed by atoms with Gasteiger partial charge in [-0.3, -0.25) is 9.20 Å². The first-order valence-electron chi connectivity index (χ1n) is 8.45. The number of nitrogens with one attached hydrogen (secondary N) is 1. The molecule has 0 saturated carbocycles. The van der Waals surface area contributed by atoms with E-state index in [0.29, 0.717) is 21.5 Å². The van der Waals surface area contributed by atoms with Crippen molar-refractivity contribution in [1.82, 2.24) is 9.38 Å². The van der Waals surface area contributed by atoms with Crippen LogP contribution in [-0.2, 0) is 4.79 Å². The molecule has 0 saturated heterocycles. The number of fused-ring (bicyclic) bond motifs is 1. The van der Waals surface area contributed by atoms with E-state index in [-0.39, 0.29) is 5.91 Å². The third kappa shape index (κ3) is 3.99. The molecular formula is C20H15Cl2N3O2S. The van der Waals surface area contributed by atoms with Crippen LogP contribution >= 0.6 is 34.5 Å². The zero-order valence-corrected chi connectivity index (χ0v) is 17.1.